The van der Waals surface area contributed by atoms with Crippen LogP contribution in [-0.2, 0) is 6.42 Å². The van der Waals surface area contributed by atoms with Crippen LogP contribution in [0.15, 0.2) is 42.7 Å². The maximum absolute atomic E-state index is 6.14. The van der Waals surface area contributed by atoms with Crippen molar-refractivity contribution in [3.8, 4) is 0 Å². The van der Waals surface area contributed by atoms with Crippen molar-refractivity contribution in [2.24, 2.45) is 5.73 Å². The first kappa shape index (κ1) is 13.1. The SMILES string of the molecule is Cc1cccc(C(CN)Cc2ccncc2Cl)c1. The standard InChI is InChI=1S/C15H17ClN2/c1-11-3-2-4-12(7-11)14(9-17)8-13-5-6-18-10-15(13)16/h2-7,10,14H,8-9,17H2,1H3. The van der Waals surface area contributed by atoms with E-state index in [1.165, 1.54) is 11.1 Å². The highest BCUT2D eigenvalue weighted by molar-refractivity contribution is 6.31. The predicted molar refractivity (Wildman–Crippen MR) is 75.9 cm³/mol. The van der Waals surface area contributed by atoms with Gasteiger partial charge in [0.1, 0.15) is 0 Å². The summed E-state index contributed by atoms with van der Waals surface area (Å²) in [5.41, 5.74) is 9.52. The van der Waals surface area contributed by atoms with E-state index >= 15 is 0 Å². The second kappa shape index (κ2) is 5.98. The molecular formula is C15H17ClN2. The monoisotopic (exact) mass is 260 g/mol. The van der Waals surface area contributed by atoms with Crippen molar-refractivity contribution in [1.29, 1.82) is 0 Å². The Balaban J connectivity index is 2.23. The second-order valence-corrected chi connectivity index (χ2v) is 4.93. The maximum Gasteiger partial charge on any atom is 0.0621 e. The Hall–Kier alpha value is -1.38. The Morgan fingerprint density at radius 1 is 1.33 bits per heavy atom. The lowest BCUT2D eigenvalue weighted by molar-refractivity contribution is 0.693. The fraction of sp³-hybridized carbons (Fsp3) is 0.267. The summed E-state index contributed by atoms with van der Waals surface area (Å²) >= 11 is 6.14. The minimum Gasteiger partial charge on any atom is -0.330 e. The molecule has 0 saturated carbocycles. The molecular weight excluding hydrogens is 244 g/mol. The molecule has 0 amide bonds. The minimum atomic E-state index is 0.296. The normalized spacial score (nSPS) is 12.4. The first-order valence-electron chi connectivity index (χ1n) is 6.05. The first-order valence-corrected chi connectivity index (χ1v) is 6.43. The highest BCUT2D eigenvalue weighted by Gasteiger charge is 2.12. The molecule has 94 valence electrons. The van der Waals surface area contributed by atoms with Gasteiger partial charge in [0, 0.05) is 18.3 Å². The fourth-order valence-electron chi connectivity index (χ4n) is 2.10. The first-order chi connectivity index (χ1) is 8.70. The van der Waals surface area contributed by atoms with Crippen molar-refractivity contribution in [2.45, 2.75) is 19.3 Å². The molecule has 1 aromatic carbocycles. The van der Waals surface area contributed by atoms with Crippen molar-refractivity contribution in [3.63, 3.8) is 0 Å². The van der Waals surface area contributed by atoms with Gasteiger partial charge in [0.25, 0.3) is 0 Å². The number of halogens is 1. The lowest BCUT2D eigenvalue weighted by atomic mass is 9.91. The average Bonchev–Trinajstić information content (AvgIpc) is 2.38. The van der Waals surface area contributed by atoms with Crippen LogP contribution in [-0.4, -0.2) is 11.5 Å². The number of rotatable bonds is 4. The van der Waals surface area contributed by atoms with Crippen molar-refractivity contribution in [1.82, 2.24) is 4.98 Å². The highest BCUT2D eigenvalue weighted by Crippen LogP contribution is 2.24. The van der Waals surface area contributed by atoms with Gasteiger partial charge < -0.3 is 5.73 Å². The maximum atomic E-state index is 6.14. The molecule has 2 N–H and O–H groups in total. The Bertz CT molecular complexity index is 525. The van der Waals surface area contributed by atoms with Crippen LogP contribution in [0.25, 0.3) is 0 Å². The number of hydrogen-bond acceptors (Lipinski definition) is 2. The molecule has 1 heterocycles. The summed E-state index contributed by atoms with van der Waals surface area (Å²) in [5, 5.41) is 0.712. The molecule has 0 saturated heterocycles. The number of aromatic nitrogens is 1. The number of nitrogens with zero attached hydrogens (tertiary/aromatic N) is 1. The van der Waals surface area contributed by atoms with E-state index in [-0.39, 0.29) is 0 Å². The zero-order valence-electron chi connectivity index (χ0n) is 10.4. The molecule has 1 unspecified atom stereocenters. The molecule has 2 nitrogen and oxygen atoms in total. The van der Waals surface area contributed by atoms with Gasteiger partial charge in [-0.05, 0) is 37.1 Å². The summed E-state index contributed by atoms with van der Waals surface area (Å²) < 4.78 is 0. The molecule has 1 aromatic heterocycles. The van der Waals surface area contributed by atoms with Gasteiger partial charge in [-0.2, -0.15) is 0 Å². The number of nitrogens with two attached hydrogens (primary N) is 1. The molecule has 2 rings (SSSR count). The third-order valence-electron chi connectivity index (χ3n) is 3.12. The van der Waals surface area contributed by atoms with E-state index in [1.54, 1.807) is 12.4 Å². The van der Waals surface area contributed by atoms with Crippen molar-refractivity contribution in [3.05, 3.63) is 64.4 Å². The summed E-state index contributed by atoms with van der Waals surface area (Å²) in [6, 6.07) is 10.4. The van der Waals surface area contributed by atoms with Crippen LogP contribution < -0.4 is 5.73 Å². The number of aryl methyl sites for hydroxylation is 1. The molecule has 3 heteroatoms. The number of hydrogen-bond donors (Lipinski definition) is 1. The van der Waals surface area contributed by atoms with Gasteiger partial charge in [-0.15, -0.1) is 0 Å². The van der Waals surface area contributed by atoms with Crippen molar-refractivity contribution in [2.75, 3.05) is 6.54 Å². The summed E-state index contributed by atoms with van der Waals surface area (Å²) in [6.07, 6.45) is 4.30. The van der Waals surface area contributed by atoms with Gasteiger partial charge in [-0.3, -0.25) is 4.98 Å². The molecule has 18 heavy (non-hydrogen) atoms. The van der Waals surface area contributed by atoms with E-state index in [4.69, 9.17) is 17.3 Å². The van der Waals surface area contributed by atoms with Gasteiger partial charge >= 0.3 is 0 Å². The smallest absolute Gasteiger partial charge is 0.0621 e. The van der Waals surface area contributed by atoms with Gasteiger partial charge in [0.2, 0.25) is 0 Å². The lowest BCUT2D eigenvalue weighted by Crippen LogP contribution is -2.15. The van der Waals surface area contributed by atoms with Crippen LogP contribution in [0.5, 0.6) is 0 Å². The van der Waals surface area contributed by atoms with Crippen molar-refractivity contribution < 1.29 is 0 Å². The topological polar surface area (TPSA) is 38.9 Å². The molecule has 0 fully saturated rings. The lowest BCUT2D eigenvalue weighted by Gasteiger charge is -2.16. The van der Waals surface area contributed by atoms with E-state index in [0.717, 1.165) is 12.0 Å². The average molecular weight is 261 g/mol. The molecule has 0 radical (unpaired) electrons. The van der Waals surface area contributed by atoms with E-state index in [0.29, 0.717) is 17.5 Å². The molecule has 0 bridgehead atoms. The summed E-state index contributed by atoms with van der Waals surface area (Å²) in [7, 11) is 0. The Labute approximate surface area is 113 Å². The summed E-state index contributed by atoms with van der Waals surface area (Å²) in [4.78, 5) is 4.00. The second-order valence-electron chi connectivity index (χ2n) is 4.52. The molecule has 0 aliphatic rings. The van der Waals surface area contributed by atoms with Gasteiger partial charge in [0.05, 0.1) is 5.02 Å². The fourth-order valence-corrected chi connectivity index (χ4v) is 2.29. The third-order valence-corrected chi connectivity index (χ3v) is 3.46. The van der Waals surface area contributed by atoms with Crippen LogP contribution in [0.4, 0.5) is 0 Å². The molecule has 0 aliphatic heterocycles. The van der Waals surface area contributed by atoms with Gasteiger partial charge in [-0.25, -0.2) is 0 Å². The van der Waals surface area contributed by atoms with Crippen LogP contribution in [0.2, 0.25) is 5.02 Å². The van der Waals surface area contributed by atoms with E-state index in [9.17, 15) is 0 Å². The van der Waals surface area contributed by atoms with Crippen LogP contribution in [0.3, 0.4) is 0 Å². The quantitative estimate of drug-likeness (QED) is 0.916. The van der Waals surface area contributed by atoms with E-state index in [1.807, 2.05) is 6.07 Å². The van der Waals surface area contributed by atoms with E-state index in [2.05, 4.69) is 36.2 Å². The number of benzene rings is 1. The van der Waals surface area contributed by atoms with Gasteiger partial charge in [0.15, 0.2) is 0 Å². The van der Waals surface area contributed by atoms with Crippen LogP contribution in [0.1, 0.15) is 22.6 Å². The summed E-state index contributed by atoms with van der Waals surface area (Å²) in [6.45, 7) is 2.71. The highest BCUT2D eigenvalue weighted by atomic mass is 35.5. The van der Waals surface area contributed by atoms with Gasteiger partial charge in [-0.1, -0.05) is 41.4 Å². The predicted octanol–water partition coefficient (Wildman–Crippen LogP) is 3.33. The molecule has 2 aromatic rings. The Morgan fingerprint density at radius 3 is 2.83 bits per heavy atom. The minimum absolute atomic E-state index is 0.296. The van der Waals surface area contributed by atoms with Crippen LogP contribution >= 0.6 is 11.6 Å². The third kappa shape index (κ3) is 3.09. The zero-order valence-corrected chi connectivity index (χ0v) is 11.2. The summed E-state index contributed by atoms with van der Waals surface area (Å²) in [5.74, 6) is 0.296. The van der Waals surface area contributed by atoms with E-state index < -0.39 is 0 Å². The Kier molecular flexibility index (Phi) is 4.34. The Morgan fingerprint density at radius 2 is 2.17 bits per heavy atom. The molecule has 0 spiro atoms. The van der Waals surface area contributed by atoms with Crippen molar-refractivity contribution >= 4 is 11.6 Å². The molecule has 0 aliphatic carbocycles. The number of pyridine rings is 1. The zero-order chi connectivity index (χ0) is 13.0. The largest absolute Gasteiger partial charge is 0.330 e. The molecule has 1 atom stereocenters. The van der Waals surface area contributed by atoms with Crippen LogP contribution in [0, 0.1) is 6.92 Å².